The number of aromatic nitrogens is 2. The average molecular weight is 249 g/mol. The van der Waals surface area contributed by atoms with Gasteiger partial charge in [0, 0.05) is 31.5 Å². The Morgan fingerprint density at radius 3 is 2.94 bits per heavy atom. The molecule has 18 heavy (non-hydrogen) atoms. The molecule has 4 nitrogen and oxygen atoms in total. The molecule has 0 bridgehead atoms. The van der Waals surface area contributed by atoms with Crippen molar-refractivity contribution in [2.24, 2.45) is 13.0 Å². The van der Waals surface area contributed by atoms with Gasteiger partial charge in [0.15, 0.2) is 0 Å². The zero-order valence-electron chi connectivity index (χ0n) is 11.4. The van der Waals surface area contributed by atoms with Gasteiger partial charge in [-0.3, -0.25) is 4.68 Å². The second-order valence-corrected chi connectivity index (χ2v) is 5.85. The summed E-state index contributed by atoms with van der Waals surface area (Å²) in [4.78, 5) is 0. The highest BCUT2D eigenvalue weighted by Gasteiger charge is 2.44. The van der Waals surface area contributed by atoms with Crippen LogP contribution in [0.1, 0.15) is 43.7 Å². The number of nitrogens with zero attached hydrogens (tertiary/aromatic N) is 2. The van der Waals surface area contributed by atoms with E-state index >= 15 is 0 Å². The van der Waals surface area contributed by atoms with Crippen molar-refractivity contribution >= 4 is 0 Å². The fraction of sp³-hybridized carbons (Fsp3) is 0.786. The molecule has 1 N–H and O–H groups in total. The minimum atomic E-state index is 0.222. The number of hydrogen-bond donors (Lipinski definition) is 1. The number of ether oxygens (including phenoxy) is 1. The van der Waals surface area contributed by atoms with Crippen molar-refractivity contribution in [1.82, 2.24) is 15.1 Å². The fourth-order valence-electron chi connectivity index (χ4n) is 3.54. The summed E-state index contributed by atoms with van der Waals surface area (Å²) in [6.07, 6.45) is 10.3. The summed E-state index contributed by atoms with van der Waals surface area (Å²) in [6.45, 7) is 0.920. The third-order valence-corrected chi connectivity index (χ3v) is 4.66. The first kappa shape index (κ1) is 12.2. The van der Waals surface area contributed by atoms with Crippen LogP contribution in [0.15, 0.2) is 12.4 Å². The normalized spacial score (nSPS) is 28.0. The Labute approximate surface area is 109 Å². The standard InChI is InChI=1S/C14H23N3O/c1-15-13(12-9-16-17(2)10-12)11-4-7-18-14(8-11)5-3-6-14/h9-11,13,15H,3-8H2,1-2H3. The Kier molecular flexibility index (Phi) is 3.16. The van der Waals surface area contributed by atoms with Crippen LogP contribution in [0, 0.1) is 5.92 Å². The zero-order valence-corrected chi connectivity index (χ0v) is 11.4. The highest BCUT2D eigenvalue weighted by molar-refractivity contribution is 5.13. The van der Waals surface area contributed by atoms with Gasteiger partial charge in [-0.2, -0.15) is 5.10 Å². The van der Waals surface area contributed by atoms with E-state index < -0.39 is 0 Å². The monoisotopic (exact) mass is 249 g/mol. The lowest BCUT2D eigenvalue weighted by atomic mass is 9.70. The average Bonchev–Trinajstić information content (AvgIpc) is 2.75. The van der Waals surface area contributed by atoms with Crippen LogP contribution in [-0.4, -0.2) is 29.0 Å². The van der Waals surface area contributed by atoms with Gasteiger partial charge in [-0.1, -0.05) is 0 Å². The molecule has 0 radical (unpaired) electrons. The van der Waals surface area contributed by atoms with Gasteiger partial charge in [-0.25, -0.2) is 0 Å². The molecule has 1 spiro atoms. The van der Waals surface area contributed by atoms with Gasteiger partial charge in [0.05, 0.1) is 11.8 Å². The third-order valence-electron chi connectivity index (χ3n) is 4.66. The predicted molar refractivity (Wildman–Crippen MR) is 70.3 cm³/mol. The molecule has 1 aromatic rings. The van der Waals surface area contributed by atoms with E-state index in [1.165, 1.54) is 31.2 Å². The van der Waals surface area contributed by atoms with E-state index in [2.05, 4.69) is 23.7 Å². The summed E-state index contributed by atoms with van der Waals surface area (Å²) in [5, 5.41) is 7.77. The van der Waals surface area contributed by atoms with Crippen molar-refractivity contribution in [3.05, 3.63) is 18.0 Å². The first-order valence-electron chi connectivity index (χ1n) is 7.02. The molecule has 2 fully saturated rings. The number of rotatable bonds is 3. The Morgan fingerprint density at radius 1 is 1.56 bits per heavy atom. The van der Waals surface area contributed by atoms with Crippen LogP contribution in [0.4, 0.5) is 0 Å². The first-order valence-corrected chi connectivity index (χ1v) is 7.02. The Hall–Kier alpha value is -0.870. The van der Waals surface area contributed by atoms with E-state index in [0.717, 1.165) is 13.0 Å². The highest BCUT2D eigenvalue weighted by Crippen LogP contribution is 2.47. The maximum atomic E-state index is 6.02. The summed E-state index contributed by atoms with van der Waals surface area (Å²) < 4.78 is 7.91. The predicted octanol–water partition coefficient (Wildman–Crippen LogP) is 2.03. The maximum Gasteiger partial charge on any atom is 0.0686 e. The van der Waals surface area contributed by atoms with Gasteiger partial charge in [-0.05, 0) is 45.1 Å². The fourth-order valence-corrected chi connectivity index (χ4v) is 3.54. The van der Waals surface area contributed by atoms with Crippen molar-refractivity contribution in [2.75, 3.05) is 13.7 Å². The Bertz CT molecular complexity index is 411. The lowest BCUT2D eigenvalue weighted by Crippen LogP contribution is -2.47. The molecule has 1 aliphatic carbocycles. The lowest BCUT2D eigenvalue weighted by molar-refractivity contribution is -0.147. The third kappa shape index (κ3) is 2.08. The molecule has 2 heterocycles. The van der Waals surface area contributed by atoms with Gasteiger partial charge >= 0.3 is 0 Å². The van der Waals surface area contributed by atoms with E-state index in [1.54, 1.807) is 0 Å². The lowest BCUT2D eigenvalue weighted by Gasteiger charge is -2.48. The minimum Gasteiger partial charge on any atom is -0.375 e. The van der Waals surface area contributed by atoms with Crippen LogP contribution < -0.4 is 5.32 Å². The molecule has 1 saturated carbocycles. The van der Waals surface area contributed by atoms with Crippen molar-refractivity contribution in [3.63, 3.8) is 0 Å². The van der Waals surface area contributed by atoms with Crippen LogP contribution in [0.25, 0.3) is 0 Å². The molecule has 100 valence electrons. The van der Waals surface area contributed by atoms with E-state index in [-0.39, 0.29) is 5.60 Å². The minimum absolute atomic E-state index is 0.222. The van der Waals surface area contributed by atoms with Crippen molar-refractivity contribution in [1.29, 1.82) is 0 Å². The largest absolute Gasteiger partial charge is 0.375 e. The summed E-state index contributed by atoms with van der Waals surface area (Å²) in [7, 11) is 4.04. The smallest absolute Gasteiger partial charge is 0.0686 e. The van der Waals surface area contributed by atoms with Crippen LogP contribution >= 0.6 is 0 Å². The molecule has 0 amide bonds. The van der Waals surface area contributed by atoms with Gasteiger partial charge in [0.2, 0.25) is 0 Å². The van der Waals surface area contributed by atoms with Crippen molar-refractivity contribution in [2.45, 2.75) is 43.7 Å². The molecular formula is C14H23N3O. The molecule has 3 rings (SSSR count). The molecule has 2 atom stereocenters. The molecule has 1 aromatic heterocycles. The van der Waals surface area contributed by atoms with Crippen LogP contribution in [0.3, 0.4) is 0 Å². The second kappa shape index (κ2) is 4.67. The first-order chi connectivity index (χ1) is 8.72. The summed E-state index contributed by atoms with van der Waals surface area (Å²) in [6, 6.07) is 0.417. The van der Waals surface area contributed by atoms with Gasteiger partial charge in [-0.15, -0.1) is 0 Å². The van der Waals surface area contributed by atoms with Crippen molar-refractivity contribution < 1.29 is 4.74 Å². The SMILES string of the molecule is CNC(c1cnn(C)c1)C1CCOC2(CCC2)C1. The Balaban J connectivity index is 1.75. The molecule has 1 saturated heterocycles. The summed E-state index contributed by atoms with van der Waals surface area (Å²) >= 11 is 0. The molecule has 2 aliphatic rings. The highest BCUT2D eigenvalue weighted by atomic mass is 16.5. The van der Waals surface area contributed by atoms with Crippen LogP contribution in [0.5, 0.6) is 0 Å². The molecule has 2 unspecified atom stereocenters. The summed E-state index contributed by atoms with van der Waals surface area (Å²) in [5.74, 6) is 0.674. The molecule has 1 aliphatic heterocycles. The second-order valence-electron chi connectivity index (χ2n) is 5.85. The molecular weight excluding hydrogens is 226 g/mol. The van der Waals surface area contributed by atoms with Crippen LogP contribution in [-0.2, 0) is 11.8 Å². The molecule has 0 aromatic carbocycles. The van der Waals surface area contributed by atoms with E-state index in [0.29, 0.717) is 12.0 Å². The van der Waals surface area contributed by atoms with Gasteiger partial charge in [0.25, 0.3) is 0 Å². The van der Waals surface area contributed by atoms with E-state index in [9.17, 15) is 0 Å². The van der Waals surface area contributed by atoms with Crippen LogP contribution in [0.2, 0.25) is 0 Å². The quantitative estimate of drug-likeness (QED) is 0.891. The van der Waals surface area contributed by atoms with Gasteiger partial charge < -0.3 is 10.1 Å². The van der Waals surface area contributed by atoms with E-state index in [4.69, 9.17) is 4.74 Å². The topological polar surface area (TPSA) is 39.1 Å². The number of nitrogens with one attached hydrogen (secondary N) is 1. The molecule has 4 heteroatoms. The van der Waals surface area contributed by atoms with Gasteiger partial charge in [0.1, 0.15) is 0 Å². The zero-order chi connectivity index (χ0) is 12.6. The maximum absolute atomic E-state index is 6.02. The number of aryl methyl sites for hydroxylation is 1. The number of hydrogen-bond acceptors (Lipinski definition) is 3. The van der Waals surface area contributed by atoms with Crippen molar-refractivity contribution in [3.8, 4) is 0 Å². The van der Waals surface area contributed by atoms with E-state index in [1.807, 2.05) is 17.9 Å². The summed E-state index contributed by atoms with van der Waals surface area (Å²) in [5.41, 5.74) is 1.53. The Morgan fingerprint density at radius 2 is 2.39 bits per heavy atom.